The van der Waals surface area contributed by atoms with Gasteiger partial charge >= 0.3 is 0 Å². The highest BCUT2D eigenvalue weighted by Gasteiger charge is 2.14. The Kier molecular flexibility index (Phi) is 5.34. The van der Waals surface area contributed by atoms with Gasteiger partial charge in [-0.15, -0.1) is 5.10 Å². The van der Waals surface area contributed by atoms with E-state index >= 15 is 0 Å². The number of benzene rings is 3. The van der Waals surface area contributed by atoms with Crippen molar-refractivity contribution in [2.45, 2.75) is 18.5 Å². The van der Waals surface area contributed by atoms with Crippen molar-refractivity contribution in [1.29, 1.82) is 0 Å². The second-order valence-corrected chi connectivity index (χ2v) is 7.16. The molecule has 1 N–H and O–H groups in total. The monoisotopic (exact) mass is 389 g/mol. The van der Waals surface area contributed by atoms with Crippen molar-refractivity contribution in [2.75, 3.05) is 11.1 Å². The van der Waals surface area contributed by atoms with Crippen LogP contribution in [0.1, 0.15) is 12.5 Å². The van der Waals surface area contributed by atoms with E-state index in [1.165, 1.54) is 11.8 Å². The van der Waals surface area contributed by atoms with Crippen LogP contribution in [0.4, 0.5) is 5.69 Å². The number of hydrogen-bond acceptors (Lipinski definition) is 5. The first kappa shape index (κ1) is 18.2. The first-order valence-corrected chi connectivity index (χ1v) is 10.0. The van der Waals surface area contributed by atoms with Gasteiger partial charge in [0.05, 0.1) is 11.4 Å². The second-order valence-electron chi connectivity index (χ2n) is 6.22. The topological polar surface area (TPSA) is 72.7 Å². The Balaban J connectivity index is 1.51. The molecule has 4 aromatic rings. The summed E-state index contributed by atoms with van der Waals surface area (Å²) in [5.74, 6) is 0.141. The Morgan fingerprint density at radius 1 is 1.04 bits per heavy atom. The Bertz CT molecular complexity index is 1120. The van der Waals surface area contributed by atoms with E-state index in [9.17, 15) is 4.79 Å². The molecule has 1 aromatic heterocycles. The van der Waals surface area contributed by atoms with Gasteiger partial charge in [-0.25, -0.2) is 0 Å². The Morgan fingerprint density at radius 3 is 2.71 bits per heavy atom. The molecular weight excluding hydrogens is 370 g/mol. The van der Waals surface area contributed by atoms with Gasteiger partial charge in [0.1, 0.15) is 0 Å². The molecule has 0 aliphatic heterocycles. The van der Waals surface area contributed by atoms with Crippen LogP contribution in [0.2, 0.25) is 0 Å². The maximum atomic E-state index is 12.4. The Labute approximate surface area is 167 Å². The minimum Gasteiger partial charge on any atom is -0.325 e. The second kappa shape index (κ2) is 8.22. The molecule has 28 heavy (non-hydrogen) atoms. The number of rotatable bonds is 6. The molecule has 0 saturated heterocycles. The molecule has 0 aliphatic rings. The maximum Gasteiger partial charge on any atom is 0.234 e. The molecule has 0 fully saturated rings. The Morgan fingerprint density at radius 2 is 1.82 bits per heavy atom. The minimum atomic E-state index is -0.0848. The van der Waals surface area contributed by atoms with Crippen LogP contribution in [0.25, 0.3) is 16.5 Å². The van der Waals surface area contributed by atoms with E-state index in [1.54, 1.807) is 4.68 Å². The molecule has 6 nitrogen and oxygen atoms in total. The summed E-state index contributed by atoms with van der Waals surface area (Å²) in [7, 11) is 0. The first-order chi connectivity index (χ1) is 13.8. The zero-order valence-electron chi connectivity index (χ0n) is 15.4. The van der Waals surface area contributed by atoms with E-state index in [4.69, 9.17) is 0 Å². The molecule has 3 aromatic carbocycles. The van der Waals surface area contributed by atoms with Crippen LogP contribution in [0.3, 0.4) is 0 Å². The van der Waals surface area contributed by atoms with Crippen LogP contribution in [-0.2, 0) is 11.2 Å². The van der Waals surface area contributed by atoms with E-state index in [2.05, 4.69) is 39.9 Å². The molecule has 4 rings (SSSR count). The van der Waals surface area contributed by atoms with Crippen LogP contribution < -0.4 is 5.32 Å². The lowest BCUT2D eigenvalue weighted by atomic mass is 10.1. The molecule has 0 radical (unpaired) electrons. The van der Waals surface area contributed by atoms with Crippen molar-refractivity contribution in [3.8, 4) is 5.69 Å². The van der Waals surface area contributed by atoms with Gasteiger partial charge in [0.25, 0.3) is 0 Å². The smallest absolute Gasteiger partial charge is 0.234 e. The quantitative estimate of drug-likeness (QED) is 0.503. The highest BCUT2D eigenvalue weighted by atomic mass is 32.2. The largest absolute Gasteiger partial charge is 0.325 e. The lowest BCUT2D eigenvalue weighted by Gasteiger charge is -2.10. The minimum absolute atomic E-state index is 0.0848. The molecule has 1 amide bonds. The summed E-state index contributed by atoms with van der Waals surface area (Å²) in [6, 6.07) is 21.9. The van der Waals surface area contributed by atoms with Crippen molar-refractivity contribution in [1.82, 2.24) is 20.2 Å². The third-order valence-electron chi connectivity index (χ3n) is 4.44. The molecule has 0 saturated carbocycles. The fourth-order valence-electron chi connectivity index (χ4n) is 3.08. The summed E-state index contributed by atoms with van der Waals surface area (Å²) in [6.45, 7) is 2.07. The van der Waals surface area contributed by atoms with Gasteiger partial charge in [0.2, 0.25) is 11.1 Å². The summed E-state index contributed by atoms with van der Waals surface area (Å²) >= 11 is 1.31. The number of nitrogens with zero attached hydrogens (tertiary/aromatic N) is 4. The van der Waals surface area contributed by atoms with Gasteiger partial charge in [-0.3, -0.25) is 4.79 Å². The summed E-state index contributed by atoms with van der Waals surface area (Å²) < 4.78 is 1.68. The van der Waals surface area contributed by atoms with E-state index in [1.807, 2.05) is 54.6 Å². The number of fused-ring (bicyclic) bond motifs is 1. The molecule has 0 unspecified atom stereocenters. The van der Waals surface area contributed by atoms with E-state index in [-0.39, 0.29) is 11.7 Å². The van der Waals surface area contributed by atoms with Gasteiger partial charge in [0, 0.05) is 11.1 Å². The predicted octanol–water partition coefficient (Wildman–Crippen LogP) is 4.11. The summed E-state index contributed by atoms with van der Waals surface area (Å²) in [4.78, 5) is 12.4. The summed E-state index contributed by atoms with van der Waals surface area (Å²) in [5.41, 5.74) is 2.85. The van der Waals surface area contributed by atoms with Crippen molar-refractivity contribution in [3.63, 3.8) is 0 Å². The average molecular weight is 389 g/mol. The molecule has 7 heteroatoms. The SMILES string of the molecule is CCc1ccccc1NC(=O)CSc1nnnn1-c1cccc2ccccc12. The van der Waals surface area contributed by atoms with Crippen LogP contribution in [-0.4, -0.2) is 31.9 Å². The van der Waals surface area contributed by atoms with E-state index < -0.39 is 0 Å². The molecule has 0 aliphatic carbocycles. The van der Waals surface area contributed by atoms with Crippen LogP contribution in [0, 0.1) is 0 Å². The van der Waals surface area contributed by atoms with Crippen molar-refractivity contribution in [3.05, 3.63) is 72.3 Å². The zero-order chi connectivity index (χ0) is 19.3. The number of thioether (sulfide) groups is 1. The number of hydrogen-bond donors (Lipinski definition) is 1. The maximum absolute atomic E-state index is 12.4. The van der Waals surface area contributed by atoms with Gasteiger partial charge in [0.15, 0.2) is 0 Å². The van der Waals surface area contributed by atoms with Gasteiger partial charge < -0.3 is 5.32 Å². The van der Waals surface area contributed by atoms with Gasteiger partial charge in [-0.1, -0.05) is 73.3 Å². The van der Waals surface area contributed by atoms with Crippen LogP contribution in [0.5, 0.6) is 0 Å². The zero-order valence-corrected chi connectivity index (χ0v) is 16.2. The number of amides is 1. The lowest BCUT2D eigenvalue weighted by Crippen LogP contribution is -2.15. The predicted molar refractivity (Wildman–Crippen MR) is 112 cm³/mol. The van der Waals surface area contributed by atoms with Crippen LogP contribution in [0.15, 0.2) is 71.9 Å². The standard InChI is InChI=1S/C21H19N5OS/c1-2-15-8-4-6-12-18(15)22-20(27)14-28-21-23-24-25-26(21)19-13-7-10-16-9-3-5-11-17(16)19/h3-13H,2,14H2,1H3,(H,22,27). The third kappa shape index (κ3) is 3.75. The number of carbonyl (C=O) groups excluding carboxylic acids is 1. The number of tetrazole rings is 1. The highest BCUT2D eigenvalue weighted by molar-refractivity contribution is 7.99. The fourth-order valence-corrected chi connectivity index (χ4v) is 3.76. The van der Waals surface area contributed by atoms with E-state index in [0.29, 0.717) is 5.16 Å². The molecule has 1 heterocycles. The van der Waals surface area contributed by atoms with Crippen molar-refractivity contribution >= 4 is 34.1 Å². The summed E-state index contributed by atoms with van der Waals surface area (Å²) in [5, 5.41) is 17.8. The first-order valence-electron chi connectivity index (χ1n) is 9.03. The summed E-state index contributed by atoms with van der Waals surface area (Å²) in [6.07, 6.45) is 0.864. The molecular formula is C21H19N5OS. The number of nitrogens with one attached hydrogen (secondary N) is 1. The van der Waals surface area contributed by atoms with E-state index in [0.717, 1.165) is 34.1 Å². The molecule has 0 bridgehead atoms. The normalized spacial score (nSPS) is 10.9. The number of para-hydroxylation sites is 1. The average Bonchev–Trinajstić information content (AvgIpc) is 3.20. The van der Waals surface area contributed by atoms with Gasteiger partial charge in [-0.05, 0) is 39.9 Å². The fraction of sp³-hybridized carbons (Fsp3) is 0.143. The van der Waals surface area contributed by atoms with Crippen molar-refractivity contribution < 1.29 is 4.79 Å². The number of carbonyl (C=O) groups is 1. The number of aromatic nitrogens is 4. The molecule has 0 spiro atoms. The number of anilines is 1. The third-order valence-corrected chi connectivity index (χ3v) is 5.36. The van der Waals surface area contributed by atoms with Crippen molar-refractivity contribution in [2.24, 2.45) is 0 Å². The lowest BCUT2D eigenvalue weighted by molar-refractivity contribution is -0.113. The van der Waals surface area contributed by atoms with Crippen LogP contribution >= 0.6 is 11.8 Å². The highest BCUT2D eigenvalue weighted by Crippen LogP contribution is 2.25. The van der Waals surface area contributed by atoms with Gasteiger partial charge in [-0.2, -0.15) is 4.68 Å². The molecule has 140 valence electrons. The number of aryl methyl sites for hydroxylation is 1. The Hall–Kier alpha value is -3.19. The molecule has 0 atom stereocenters.